The van der Waals surface area contributed by atoms with Crippen LogP contribution in [0.5, 0.6) is 11.5 Å². The number of amides is 1. The van der Waals surface area contributed by atoms with Gasteiger partial charge in [-0.2, -0.15) is 8.78 Å². The summed E-state index contributed by atoms with van der Waals surface area (Å²) in [4.78, 5) is 10.6. The van der Waals surface area contributed by atoms with Gasteiger partial charge in [0.2, 0.25) is 0 Å². The number of alkyl halides is 2. The Bertz CT molecular complexity index is 368. The second kappa shape index (κ2) is 4.59. The van der Waals surface area contributed by atoms with Crippen LogP contribution < -0.4 is 10.1 Å². The van der Waals surface area contributed by atoms with Crippen LogP contribution in [0.4, 0.5) is 14.5 Å². The highest BCUT2D eigenvalue weighted by atomic mass is 19.3. The topological polar surface area (TPSA) is 58.6 Å². The van der Waals surface area contributed by atoms with Crippen LogP contribution in [0.15, 0.2) is 18.2 Å². The third-order valence-electron chi connectivity index (χ3n) is 1.64. The van der Waals surface area contributed by atoms with E-state index in [1.54, 1.807) is 0 Å². The van der Waals surface area contributed by atoms with Gasteiger partial charge < -0.3 is 15.2 Å². The van der Waals surface area contributed by atoms with Crippen molar-refractivity contribution in [2.24, 2.45) is 0 Å². The van der Waals surface area contributed by atoms with Crippen molar-refractivity contribution in [3.63, 3.8) is 0 Å². The highest BCUT2D eigenvalue weighted by Crippen LogP contribution is 2.28. The van der Waals surface area contributed by atoms with E-state index in [9.17, 15) is 18.7 Å². The van der Waals surface area contributed by atoms with Gasteiger partial charge in [0.25, 0.3) is 5.91 Å². The predicted molar refractivity (Wildman–Crippen MR) is 49.3 cm³/mol. The Labute approximate surface area is 84.5 Å². The number of hydrogen-bond acceptors (Lipinski definition) is 3. The van der Waals surface area contributed by atoms with Crippen LogP contribution in [0.1, 0.15) is 0 Å². The fraction of sp³-hybridized carbons (Fsp3) is 0.222. The van der Waals surface area contributed by atoms with Crippen molar-refractivity contribution >= 4 is 11.6 Å². The Morgan fingerprint density at radius 3 is 2.67 bits per heavy atom. The zero-order valence-corrected chi connectivity index (χ0v) is 7.83. The summed E-state index contributed by atoms with van der Waals surface area (Å²) in [5.41, 5.74) is 0.0820. The van der Waals surface area contributed by atoms with Crippen molar-refractivity contribution in [2.75, 3.05) is 12.4 Å². The first-order valence-electron chi connectivity index (χ1n) is 4.00. The Kier molecular flexibility index (Phi) is 3.43. The number of hydrogen-bond donors (Lipinski definition) is 2. The SMILES string of the molecule is COc1ccc(NC(=O)C(F)F)cc1O. The van der Waals surface area contributed by atoms with Gasteiger partial charge >= 0.3 is 6.43 Å². The van der Waals surface area contributed by atoms with Crippen molar-refractivity contribution in [2.45, 2.75) is 6.43 Å². The Hall–Kier alpha value is -1.85. The summed E-state index contributed by atoms with van der Waals surface area (Å²) in [6.45, 7) is 0. The number of methoxy groups -OCH3 is 1. The fourth-order valence-electron chi connectivity index (χ4n) is 0.965. The minimum absolute atomic E-state index is 0.0820. The van der Waals surface area contributed by atoms with Crippen LogP contribution in [-0.2, 0) is 4.79 Å². The van der Waals surface area contributed by atoms with E-state index in [1.807, 2.05) is 5.32 Å². The molecule has 1 rings (SSSR count). The highest BCUT2D eigenvalue weighted by Gasteiger charge is 2.15. The average molecular weight is 217 g/mol. The molecular weight excluding hydrogens is 208 g/mol. The largest absolute Gasteiger partial charge is 0.504 e. The van der Waals surface area contributed by atoms with Crippen LogP contribution in [0.2, 0.25) is 0 Å². The van der Waals surface area contributed by atoms with Gasteiger partial charge in [0.15, 0.2) is 11.5 Å². The van der Waals surface area contributed by atoms with Crippen molar-refractivity contribution in [3.8, 4) is 11.5 Å². The van der Waals surface area contributed by atoms with E-state index in [0.717, 1.165) is 6.07 Å². The van der Waals surface area contributed by atoms with Gasteiger partial charge in [-0.15, -0.1) is 0 Å². The molecule has 2 N–H and O–H groups in total. The van der Waals surface area contributed by atoms with E-state index >= 15 is 0 Å². The molecule has 0 radical (unpaired) electrons. The Morgan fingerprint density at radius 2 is 2.20 bits per heavy atom. The number of anilines is 1. The predicted octanol–water partition coefficient (Wildman–Crippen LogP) is 1.60. The molecule has 0 aliphatic rings. The molecule has 0 aromatic heterocycles. The Morgan fingerprint density at radius 1 is 1.53 bits per heavy atom. The lowest BCUT2D eigenvalue weighted by Gasteiger charge is -2.07. The second-order valence-corrected chi connectivity index (χ2v) is 2.68. The van der Waals surface area contributed by atoms with Gasteiger partial charge in [0, 0.05) is 11.8 Å². The molecule has 0 aliphatic carbocycles. The zero-order valence-electron chi connectivity index (χ0n) is 7.83. The van der Waals surface area contributed by atoms with Crippen molar-refractivity contribution < 1.29 is 23.4 Å². The molecule has 0 spiro atoms. The molecule has 82 valence electrons. The number of halogens is 2. The number of carbonyl (C=O) groups is 1. The summed E-state index contributed by atoms with van der Waals surface area (Å²) in [6, 6.07) is 3.83. The van der Waals surface area contributed by atoms with Crippen molar-refractivity contribution in [1.82, 2.24) is 0 Å². The summed E-state index contributed by atoms with van der Waals surface area (Å²) < 4.78 is 28.5. The number of benzene rings is 1. The molecular formula is C9H9F2NO3. The molecule has 6 heteroatoms. The molecule has 0 aliphatic heterocycles. The molecule has 0 saturated heterocycles. The lowest BCUT2D eigenvalue weighted by Crippen LogP contribution is -2.19. The normalized spacial score (nSPS) is 10.1. The standard InChI is InChI=1S/C9H9F2NO3/c1-15-7-3-2-5(4-6(7)13)12-9(14)8(10)11/h2-4,8,13H,1H3,(H,12,14). The lowest BCUT2D eigenvalue weighted by atomic mass is 10.2. The summed E-state index contributed by atoms with van der Waals surface area (Å²) in [5.74, 6) is -1.45. The van der Waals surface area contributed by atoms with E-state index in [4.69, 9.17) is 4.74 Å². The summed E-state index contributed by atoms with van der Waals surface area (Å²) >= 11 is 0. The zero-order chi connectivity index (χ0) is 11.4. The van der Waals surface area contributed by atoms with Crippen molar-refractivity contribution in [3.05, 3.63) is 18.2 Å². The van der Waals surface area contributed by atoms with Gasteiger partial charge in [-0.1, -0.05) is 0 Å². The quantitative estimate of drug-likeness (QED) is 0.808. The van der Waals surface area contributed by atoms with Crippen LogP contribution in [0.25, 0.3) is 0 Å². The highest BCUT2D eigenvalue weighted by molar-refractivity contribution is 5.93. The molecule has 15 heavy (non-hydrogen) atoms. The fourth-order valence-corrected chi connectivity index (χ4v) is 0.965. The minimum atomic E-state index is -3.09. The third-order valence-corrected chi connectivity index (χ3v) is 1.64. The first-order chi connectivity index (χ1) is 7.04. The molecule has 0 unspecified atom stereocenters. The maximum atomic E-state index is 11.9. The lowest BCUT2D eigenvalue weighted by molar-refractivity contribution is -0.126. The summed E-state index contributed by atoms with van der Waals surface area (Å²) in [5, 5.41) is 11.2. The van der Waals surface area contributed by atoms with Crippen LogP contribution >= 0.6 is 0 Å². The monoisotopic (exact) mass is 217 g/mol. The molecule has 0 heterocycles. The third kappa shape index (κ3) is 2.80. The van der Waals surface area contributed by atoms with E-state index in [1.165, 1.54) is 19.2 Å². The minimum Gasteiger partial charge on any atom is -0.504 e. The number of ether oxygens (including phenoxy) is 1. The van der Waals surface area contributed by atoms with Crippen LogP contribution in [-0.4, -0.2) is 24.5 Å². The van der Waals surface area contributed by atoms with E-state index in [-0.39, 0.29) is 17.2 Å². The second-order valence-electron chi connectivity index (χ2n) is 2.68. The van der Waals surface area contributed by atoms with Gasteiger partial charge in [0.05, 0.1) is 7.11 Å². The number of nitrogens with one attached hydrogen (secondary N) is 1. The van der Waals surface area contributed by atoms with E-state index in [2.05, 4.69) is 0 Å². The Balaban J connectivity index is 2.80. The van der Waals surface area contributed by atoms with Gasteiger partial charge in [-0.3, -0.25) is 4.79 Å². The molecule has 4 nitrogen and oxygen atoms in total. The number of carbonyl (C=O) groups excluding carboxylic acids is 1. The van der Waals surface area contributed by atoms with Crippen LogP contribution in [0, 0.1) is 0 Å². The number of rotatable bonds is 3. The molecule has 1 aromatic carbocycles. The number of phenolic OH excluding ortho intramolecular Hbond substituents is 1. The van der Waals surface area contributed by atoms with E-state index < -0.39 is 12.3 Å². The summed E-state index contributed by atoms with van der Waals surface area (Å²) in [7, 11) is 1.35. The van der Waals surface area contributed by atoms with Crippen molar-refractivity contribution in [1.29, 1.82) is 0 Å². The maximum absolute atomic E-state index is 11.9. The molecule has 0 atom stereocenters. The molecule has 0 fully saturated rings. The maximum Gasteiger partial charge on any atom is 0.315 e. The average Bonchev–Trinajstić information content (AvgIpc) is 2.18. The smallest absolute Gasteiger partial charge is 0.315 e. The van der Waals surface area contributed by atoms with Gasteiger partial charge in [-0.05, 0) is 12.1 Å². The van der Waals surface area contributed by atoms with Gasteiger partial charge in [-0.25, -0.2) is 0 Å². The number of aromatic hydroxyl groups is 1. The van der Waals surface area contributed by atoms with E-state index in [0.29, 0.717) is 0 Å². The van der Waals surface area contributed by atoms with Crippen LogP contribution in [0.3, 0.4) is 0 Å². The molecule has 0 saturated carbocycles. The summed E-state index contributed by atoms with van der Waals surface area (Å²) in [6.07, 6.45) is -3.09. The van der Waals surface area contributed by atoms with Gasteiger partial charge in [0.1, 0.15) is 0 Å². The number of phenols is 1. The molecule has 0 bridgehead atoms. The molecule has 1 amide bonds. The first-order valence-corrected chi connectivity index (χ1v) is 4.00. The molecule has 1 aromatic rings. The first kappa shape index (κ1) is 11.2.